The number of ketones is 1. The lowest BCUT2D eigenvalue weighted by atomic mass is 10.1. The Labute approximate surface area is 73.5 Å². The van der Waals surface area contributed by atoms with Gasteiger partial charge >= 0.3 is 0 Å². The van der Waals surface area contributed by atoms with Crippen LogP contribution in [-0.4, -0.2) is 10.6 Å². The van der Waals surface area contributed by atoms with E-state index in [1.54, 1.807) is 0 Å². The number of carbonyl (C=O) groups excluding carboxylic acids is 1. The number of carbonyl (C=O) groups is 1. The predicted octanol–water partition coefficient (Wildman–Crippen LogP) is 1.99. The maximum atomic E-state index is 11.3. The maximum Gasteiger partial charge on any atom is 0.177 e. The van der Waals surface area contributed by atoms with Crippen molar-refractivity contribution in [3.8, 4) is 0 Å². The van der Waals surface area contributed by atoms with Gasteiger partial charge in [0.2, 0.25) is 0 Å². The van der Waals surface area contributed by atoms with Gasteiger partial charge in [-0.3, -0.25) is 4.79 Å². The third-order valence-electron chi connectivity index (χ3n) is 1.88. The summed E-state index contributed by atoms with van der Waals surface area (Å²) in [5.74, 6) is 0.192. The highest BCUT2D eigenvalue weighted by atomic mass is 79.9. The van der Waals surface area contributed by atoms with Gasteiger partial charge in [0.1, 0.15) is 0 Å². The van der Waals surface area contributed by atoms with E-state index < -0.39 is 0 Å². The number of rotatable bonds is 0. The first kappa shape index (κ1) is 7.04. The standard InChI is InChI=1S/C9H6BrO/c10-8-5-6-3-1-2-4-7(6)9(8)11/h1-2,4,8H,5H2. The Hall–Kier alpha value is -0.630. The van der Waals surface area contributed by atoms with E-state index in [0.29, 0.717) is 0 Å². The fraction of sp³-hybridized carbons (Fsp3) is 0.222. The van der Waals surface area contributed by atoms with Crippen LogP contribution in [0.5, 0.6) is 0 Å². The molecule has 0 N–H and O–H groups in total. The molecule has 0 heterocycles. The molecule has 0 saturated carbocycles. The van der Waals surface area contributed by atoms with Crippen molar-refractivity contribution in [1.29, 1.82) is 0 Å². The van der Waals surface area contributed by atoms with Crippen LogP contribution in [0.25, 0.3) is 0 Å². The van der Waals surface area contributed by atoms with Gasteiger partial charge < -0.3 is 0 Å². The van der Waals surface area contributed by atoms with Crippen molar-refractivity contribution in [1.82, 2.24) is 0 Å². The second-order valence-corrected chi connectivity index (χ2v) is 3.70. The van der Waals surface area contributed by atoms with E-state index >= 15 is 0 Å². The van der Waals surface area contributed by atoms with Gasteiger partial charge in [0, 0.05) is 5.56 Å². The predicted molar refractivity (Wildman–Crippen MR) is 46.0 cm³/mol. The van der Waals surface area contributed by atoms with Gasteiger partial charge in [0.05, 0.1) is 4.83 Å². The molecular formula is C9H6BrO. The smallest absolute Gasteiger partial charge is 0.177 e. The molecule has 1 aromatic rings. The van der Waals surface area contributed by atoms with Crippen LogP contribution in [0.15, 0.2) is 18.2 Å². The highest BCUT2D eigenvalue weighted by Crippen LogP contribution is 2.25. The van der Waals surface area contributed by atoms with E-state index in [0.717, 1.165) is 17.5 Å². The van der Waals surface area contributed by atoms with Crippen LogP contribution in [-0.2, 0) is 6.42 Å². The van der Waals surface area contributed by atoms with Gasteiger partial charge in [0.25, 0.3) is 0 Å². The molecule has 0 aromatic heterocycles. The normalized spacial score (nSPS) is 21.9. The molecule has 1 aromatic carbocycles. The fourth-order valence-corrected chi connectivity index (χ4v) is 1.88. The van der Waals surface area contributed by atoms with E-state index in [2.05, 4.69) is 22.0 Å². The van der Waals surface area contributed by atoms with E-state index in [9.17, 15) is 4.79 Å². The highest BCUT2D eigenvalue weighted by molar-refractivity contribution is 9.10. The molecule has 1 radical (unpaired) electrons. The molecule has 1 aliphatic carbocycles. The Bertz CT molecular complexity index is 306. The quantitative estimate of drug-likeness (QED) is 0.598. The Morgan fingerprint density at radius 3 is 3.18 bits per heavy atom. The van der Waals surface area contributed by atoms with Crippen LogP contribution in [0, 0.1) is 6.07 Å². The molecular weight excluding hydrogens is 204 g/mol. The molecule has 0 bridgehead atoms. The second kappa shape index (κ2) is 2.45. The summed E-state index contributed by atoms with van der Waals surface area (Å²) in [5, 5.41) is 0. The second-order valence-electron chi connectivity index (χ2n) is 2.60. The summed E-state index contributed by atoms with van der Waals surface area (Å²) in [6.07, 6.45) is 0.787. The summed E-state index contributed by atoms with van der Waals surface area (Å²) in [4.78, 5) is 11.3. The van der Waals surface area contributed by atoms with Crippen LogP contribution < -0.4 is 0 Å². The summed E-state index contributed by atoms with van der Waals surface area (Å²) in [7, 11) is 0. The first-order chi connectivity index (χ1) is 5.29. The van der Waals surface area contributed by atoms with Crippen LogP contribution >= 0.6 is 15.9 Å². The van der Waals surface area contributed by atoms with Crippen LogP contribution in [0.3, 0.4) is 0 Å². The molecule has 0 saturated heterocycles. The van der Waals surface area contributed by atoms with E-state index in [4.69, 9.17) is 0 Å². The first-order valence-corrected chi connectivity index (χ1v) is 4.38. The van der Waals surface area contributed by atoms with E-state index in [1.807, 2.05) is 18.2 Å². The third kappa shape index (κ3) is 1.02. The topological polar surface area (TPSA) is 17.1 Å². The monoisotopic (exact) mass is 209 g/mol. The minimum Gasteiger partial charge on any atom is -0.293 e. The molecule has 1 atom stereocenters. The highest BCUT2D eigenvalue weighted by Gasteiger charge is 2.27. The molecule has 55 valence electrons. The van der Waals surface area contributed by atoms with Crippen LogP contribution in [0.2, 0.25) is 0 Å². The number of benzene rings is 1. The van der Waals surface area contributed by atoms with Crippen molar-refractivity contribution in [2.24, 2.45) is 0 Å². The Morgan fingerprint density at radius 1 is 1.64 bits per heavy atom. The van der Waals surface area contributed by atoms with Crippen molar-refractivity contribution in [2.45, 2.75) is 11.2 Å². The fourth-order valence-electron chi connectivity index (χ4n) is 1.31. The molecule has 0 amide bonds. The van der Waals surface area contributed by atoms with Gasteiger partial charge in [-0.15, -0.1) is 0 Å². The Balaban J connectivity index is 2.55. The van der Waals surface area contributed by atoms with Gasteiger partial charge in [-0.25, -0.2) is 0 Å². The van der Waals surface area contributed by atoms with Crippen molar-refractivity contribution in [2.75, 3.05) is 0 Å². The number of Topliss-reactive ketones (excluding diaryl/α,β-unsaturated/α-hetero) is 1. The third-order valence-corrected chi connectivity index (χ3v) is 2.61. The number of hydrogen-bond acceptors (Lipinski definition) is 1. The molecule has 1 nitrogen and oxygen atoms in total. The zero-order valence-electron chi connectivity index (χ0n) is 5.80. The van der Waals surface area contributed by atoms with Crippen molar-refractivity contribution in [3.05, 3.63) is 35.4 Å². The van der Waals surface area contributed by atoms with Gasteiger partial charge in [-0.1, -0.05) is 34.1 Å². The average molecular weight is 210 g/mol. The van der Waals surface area contributed by atoms with Gasteiger partial charge in [0.15, 0.2) is 5.78 Å². The molecule has 1 aliphatic rings. The Kier molecular flexibility index (Phi) is 1.57. The summed E-state index contributed by atoms with van der Waals surface area (Å²) in [6, 6.07) is 8.61. The van der Waals surface area contributed by atoms with Crippen LogP contribution in [0.4, 0.5) is 0 Å². The SMILES string of the molecule is O=C1c2ccc[c]c2CC1Br. The lowest BCUT2D eigenvalue weighted by Crippen LogP contribution is -2.05. The van der Waals surface area contributed by atoms with E-state index in [1.165, 1.54) is 0 Å². The maximum absolute atomic E-state index is 11.3. The largest absolute Gasteiger partial charge is 0.293 e. The molecule has 11 heavy (non-hydrogen) atoms. The van der Waals surface area contributed by atoms with Crippen molar-refractivity contribution < 1.29 is 4.79 Å². The lowest BCUT2D eigenvalue weighted by Gasteiger charge is -1.91. The van der Waals surface area contributed by atoms with Gasteiger partial charge in [-0.05, 0) is 18.1 Å². The summed E-state index contributed by atoms with van der Waals surface area (Å²) in [6.45, 7) is 0. The molecule has 0 fully saturated rings. The number of alkyl halides is 1. The zero-order valence-corrected chi connectivity index (χ0v) is 7.39. The molecule has 0 spiro atoms. The van der Waals surface area contributed by atoms with E-state index in [-0.39, 0.29) is 10.6 Å². The van der Waals surface area contributed by atoms with Crippen LogP contribution in [0.1, 0.15) is 15.9 Å². The first-order valence-electron chi connectivity index (χ1n) is 3.47. The summed E-state index contributed by atoms with van der Waals surface area (Å²) in [5.41, 5.74) is 1.87. The molecule has 0 aliphatic heterocycles. The lowest BCUT2D eigenvalue weighted by molar-refractivity contribution is 0.100. The minimum atomic E-state index is -0.0175. The van der Waals surface area contributed by atoms with Crippen molar-refractivity contribution in [3.63, 3.8) is 0 Å². The number of hydrogen-bond donors (Lipinski definition) is 0. The zero-order chi connectivity index (χ0) is 7.84. The minimum absolute atomic E-state index is 0.0175. The molecule has 2 heteroatoms. The van der Waals surface area contributed by atoms with Crippen molar-refractivity contribution >= 4 is 21.7 Å². The van der Waals surface area contributed by atoms with Gasteiger partial charge in [-0.2, -0.15) is 0 Å². The molecule has 1 unspecified atom stereocenters. The number of halogens is 1. The number of fused-ring (bicyclic) bond motifs is 1. The molecule has 2 rings (SSSR count). The summed E-state index contributed by atoms with van der Waals surface area (Å²) >= 11 is 3.31. The average Bonchev–Trinajstić information content (AvgIpc) is 2.30. The summed E-state index contributed by atoms with van der Waals surface area (Å²) < 4.78 is 0. The Morgan fingerprint density at radius 2 is 2.45 bits per heavy atom.